The van der Waals surface area contributed by atoms with Gasteiger partial charge in [0.25, 0.3) is 0 Å². The number of rotatable bonds is 4. The van der Waals surface area contributed by atoms with Crippen molar-refractivity contribution in [3.8, 4) is 0 Å². The lowest BCUT2D eigenvalue weighted by atomic mass is 9.79. The molecule has 2 aliphatic rings. The largest absolute Gasteiger partial charge is 0.355 e. The van der Waals surface area contributed by atoms with E-state index in [0.717, 1.165) is 50.7 Å². The van der Waals surface area contributed by atoms with Crippen molar-refractivity contribution in [1.82, 2.24) is 15.5 Å². The van der Waals surface area contributed by atoms with E-state index in [1.54, 1.807) is 0 Å². The molecule has 2 aliphatic heterocycles. The molecule has 2 fully saturated rings. The molecule has 5 nitrogen and oxygen atoms in total. The normalized spacial score (nSPS) is 23.3. The summed E-state index contributed by atoms with van der Waals surface area (Å²) in [5.41, 5.74) is 0.103. The highest BCUT2D eigenvalue weighted by Crippen LogP contribution is 2.35. The van der Waals surface area contributed by atoms with Crippen LogP contribution in [0.15, 0.2) is 40.2 Å². The van der Waals surface area contributed by atoms with Crippen molar-refractivity contribution in [2.45, 2.75) is 24.2 Å². The van der Waals surface area contributed by atoms with Crippen LogP contribution in [0.5, 0.6) is 0 Å². The van der Waals surface area contributed by atoms with Gasteiger partial charge in [0.1, 0.15) is 0 Å². The number of carbonyl (C=O) groups excluding carboxylic acids is 1. The number of hydrogen-bond donors (Lipinski definition) is 2. The van der Waals surface area contributed by atoms with Gasteiger partial charge in [0.2, 0.25) is 5.91 Å². The molecule has 1 aromatic rings. The minimum absolute atomic E-state index is 0. The maximum atomic E-state index is 11.6. The van der Waals surface area contributed by atoms with Crippen LogP contribution in [0.3, 0.4) is 0 Å². The standard InChI is InChI=1S/C18H26N4OS.HI/c1-19-17(20-9-11-24-15-6-3-2-4-7-15)22-10-5-8-18(14-22)12-16(23)21-13-18;/h2-4,6-7H,5,8-14H2,1H3,(H,19,20)(H,21,23);1H. The minimum Gasteiger partial charge on any atom is -0.355 e. The number of nitrogens with one attached hydrogen (secondary N) is 2. The molecule has 3 rings (SSSR count). The van der Waals surface area contributed by atoms with Gasteiger partial charge < -0.3 is 15.5 Å². The summed E-state index contributed by atoms with van der Waals surface area (Å²) in [4.78, 5) is 19.7. The topological polar surface area (TPSA) is 56.7 Å². The molecule has 1 amide bonds. The second-order valence-corrected chi connectivity index (χ2v) is 7.78. The zero-order chi connectivity index (χ0) is 16.8. The average Bonchev–Trinajstić information content (AvgIpc) is 2.96. The molecular weight excluding hydrogens is 447 g/mol. The Labute approximate surface area is 171 Å². The predicted octanol–water partition coefficient (Wildman–Crippen LogP) is 2.57. The Kier molecular flexibility index (Phi) is 7.86. The minimum atomic E-state index is 0. The number of thioether (sulfide) groups is 1. The number of hydrogen-bond acceptors (Lipinski definition) is 3. The molecule has 1 aromatic carbocycles. The van der Waals surface area contributed by atoms with Gasteiger partial charge in [-0.15, -0.1) is 35.7 Å². The fourth-order valence-electron chi connectivity index (χ4n) is 3.61. The molecule has 0 saturated carbocycles. The van der Waals surface area contributed by atoms with Gasteiger partial charge in [0.15, 0.2) is 5.96 Å². The van der Waals surface area contributed by atoms with Crippen LogP contribution in [0.2, 0.25) is 0 Å². The van der Waals surface area contributed by atoms with Gasteiger partial charge in [-0.2, -0.15) is 0 Å². The van der Waals surface area contributed by atoms with Crippen LogP contribution in [0.25, 0.3) is 0 Å². The molecule has 2 heterocycles. The highest BCUT2D eigenvalue weighted by atomic mass is 127. The number of amides is 1. The Balaban J connectivity index is 0.00000225. The average molecular weight is 474 g/mol. The fourth-order valence-corrected chi connectivity index (χ4v) is 4.40. The lowest BCUT2D eigenvalue weighted by Gasteiger charge is -2.40. The Hall–Kier alpha value is -0.960. The van der Waals surface area contributed by atoms with Gasteiger partial charge in [-0.3, -0.25) is 9.79 Å². The first-order valence-electron chi connectivity index (χ1n) is 8.61. The van der Waals surface area contributed by atoms with Gasteiger partial charge in [0.05, 0.1) is 0 Å². The van der Waals surface area contributed by atoms with E-state index in [-0.39, 0.29) is 35.3 Å². The SMILES string of the molecule is CN=C(NCCSc1ccccc1)N1CCCC2(CNC(=O)C2)C1.I. The molecule has 2 saturated heterocycles. The van der Waals surface area contributed by atoms with Crippen molar-refractivity contribution in [1.29, 1.82) is 0 Å². The molecule has 0 aromatic heterocycles. The van der Waals surface area contributed by atoms with Crippen LogP contribution in [0, 0.1) is 5.41 Å². The van der Waals surface area contributed by atoms with Crippen molar-refractivity contribution in [3.63, 3.8) is 0 Å². The maximum Gasteiger partial charge on any atom is 0.220 e. The van der Waals surface area contributed by atoms with E-state index in [1.165, 1.54) is 4.90 Å². The number of nitrogens with zero attached hydrogens (tertiary/aromatic N) is 2. The van der Waals surface area contributed by atoms with E-state index < -0.39 is 0 Å². The Morgan fingerprint density at radius 3 is 2.88 bits per heavy atom. The summed E-state index contributed by atoms with van der Waals surface area (Å²) < 4.78 is 0. The van der Waals surface area contributed by atoms with E-state index in [1.807, 2.05) is 24.9 Å². The molecule has 25 heavy (non-hydrogen) atoms. The van der Waals surface area contributed by atoms with Gasteiger partial charge in [0, 0.05) is 55.7 Å². The first-order chi connectivity index (χ1) is 11.7. The summed E-state index contributed by atoms with van der Waals surface area (Å²) in [6.45, 7) is 3.62. The number of likely N-dealkylation sites (tertiary alicyclic amines) is 1. The molecule has 0 bridgehead atoms. The van der Waals surface area contributed by atoms with Crippen LogP contribution < -0.4 is 10.6 Å². The quantitative estimate of drug-likeness (QED) is 0.232. The van der Waals surface area contributed by atoms with E-state index in [9.17, 15) is 4.79 Å². The van der Waals surface area contributed by atoms with Crippen molar-refractivity contribution in [2.75, 3.05) is 39.0 Å². The smallest absolute Gasteiger partial charge is 0.220 e. The third kappa shape index (κ3) is 5.51. The summed E-state index contributed by atoms with van der Waals surface area (Å²) in [5, 5.41) is 6.48. The monoisotopic (exact) mass is 474 g/mol. The van der Waals surface area contributed by atoms with Gasteiger partial charge in [-0.25, -0.2) is 0 Å². The van der Waals surface area contributed by atoms with E-state index >= 15 is 0 Å². The second kappa shape index (κ2) is 9.66. The van der Waals surface area contributed by atoms with Crippen molar-refractivity contribution in [3.05, 3.63) is 30.3 Å². The van der Waals surface area contributed by atoms with E-state index in [2.05, 4.69) is 44.8 Å². The van der Waals surface area contributed by atoms with Crippen molar-refractivity contribution >= 4 is 47.6 Å². The van der Waals surface area contributed by atoms with E-state index in [4.69, 9.17) is 0 Å². The lowest BCUT2D eigenvalue weighted by molar-refractivity contribution is -0.119. The fraction of sp³-hybridized carbons (Fsp3) is 0.556. The van der Waals surface area contributed by atoms with Gasteiger partial charge in [-0.05, 0) is 25.0 Å². The first kappa shape index (κ1) is 20.4. The van der Waals surface area contributed by atoms with Gasteiger partial charge in [-0.1, -0.05) is 18.2 Å². The zero-order valence-electron chi connectivity index (χ0n) is 14.7. The number of benzene rings is 1. The number of guanidine groups is 1. The summed E-state index contributed by atoms with van der Waals surface area (Å²) >= 11 is 1.85. The van der Waals surface area contributed by atoms with Crippen LogP contribution >= 0.6 is 35.7 Å². The zero-order valence-corrected chi connectivity index (χ0v) is 17.8. The van der Waals surface area contributed by atoms with E-state index in [0.29, 0.717) is 6.42 Å². The molecule has 0 aliphatic carbocycles. The third-order valence-electron chi connectivity index (χ3n) is 4.77. The molecule has 2 N–H and O–H groups in total. The third-order valence-corrected chi connectivity index (χ3v) is 5.78. The molecule has 7 heteroatoms. The Bertz CT molecular complexity index is 598. The summed E-state index contributed by atoms with van der Waals surface area (Å²) in [6, 6.07) is 10.5. The first-order valence-corrected chi connectivity index (χ1v) is 9.59. The number of halogens is 1. The van der Waals surface area contributed by atoms with Crippen LogP contribution in [0.4, 0.5) is 0 Å². The molecular formula is C18H27IN4OS. The summed E-state index contributed by atoms with van der Waals surface area (Å²) in [6.07, 6.45) is 2.90. The Morgan fingerprint density at radius 2 is 2.20 bits per heavy atom. The van der Waals surface area contributed by atoms with Crippen LogP contribution in [-0.4, -0.2) is 55.7 Å². The van der Waals surface area contributed by atoms with Crippen molar-refractivity contribution < 1.29 is 4.79 Å². The summed E-state index contributed by atoms with van der Waals surface area (Å²) in [5.74, 6) is 2.16. The molecule has 1 atom stereocenters. The summed E-state index contributed by atoms with van der Waals surface area (Å²) in [7, 11) is 1.84. The second-order valence-electron chi connectivity index (χ2n) is 6.61. The molecule has 0 radical (unpaired) electrons. The molecule has 1 spiro atoms. The van der Waals surface area contributed by atoms with Gasteiger partial charge >= 0.3 is 0 Å². The van der Waals surface area contributed by atoms with Crippen molar-refractivity contribution in [2.24, 2.45) is 10.4 Å². The Morgan fingerprint density at radius 1 is 1.40 bits per heavy atom. The highest BCUT2D eigenvalue weighted by molar-refractivity contribution is 14.0. The number of piperidine rings is 1. The number of carbonyl (C=O) groups is 1. The number of aliphatic imine (C=N–C) groups is 1. The maximum absolute atomic E-state index is 11.6. The van der Waals surface area contributed by atoms with Crippen LogP contribution in [-0.2, 0) is 4.79 Å². The molecule has 138 valence electrons. The predicted molar refractivity (Wildman–Crippen MR) is 115 cm³/mol. The lowest BCUT2D eigenvalue weighted by Crippen LogP contribution is -2.51. The highest BCUT2D eigenvalue weighted by Gasteiger charge is 2.42. The van der Waals surface area contributed by atoms with Crippen LogP contribution in [0.1, 0.15) is 19.3 Å². The molecule has 1 unspecified atom stereocenters.